The number of aliphatic hydroxyl groups is 4. The molecule has 0 radical (unpaired) electrons. The molecule has 0 spiro atoms. The number of ether oxygens (including phenoxy) is 3. The summed E-state index contributed by atoms with van der Waals surface area (Å²) in [5.41, 5.74) is -3.60. The molecule has 3 fully saturated rings. The predicted octanol–water partition coefficient (Wildman–Crippen LogP) is -1.81. The molecule has 0 amide bonds. The van der Waals surface area contributed by atoms with E-state index in [4.69, 9.17) is 44.4 Å². The molecule has 0 saturated carbocycles. The van der Waals surface area contributed by atoms with E-state index in [0.717, 1.165) is 0 Å². The number of rotatable bonds is 6. The molecule has 3 rings (SSSR count). The highest BCUT2D eigenvalue weighted by Gasteiger charge is 2.62. The van der Waals surface area contributed by atoms with Crippen molar-refractivity contribution in [3.8, 4) is 0 Å². The summed E-state index contributed by atoms with van der Waals surface area (Å²) in [5.74, 6) is 0. The van der Waals surface area contributed by atoms with E-state index in [-0.39, 0.29) is 46.2 Å². The quantitative estimate of drug-likeness (QED) is 0.297. The predicted molar refractivity (Wildman–Crippen MR) is 76.1 cm³/mol. The van der Waals surface area contributed by atoms with Crippen LogP contribution in [0, 0.1) is 10.8 Å². The summed E-state index contributed by atoms with van der Waals surface area (Å²) in [6.45, 7) is 1.22. The summed E-state index contributed by atoms with van der Waals surface area (Å²) in [6.07, 6.45) is 0.594. The normalized spacial score (nSPS) is 30.7. The second-order valence-electron chi connectivity index (χ2n) is 5.92. The summed E-state index contributed by atoms with van der Waals surface area (Å²) in [4.78, 5) is 17.9. The molecular weight excluding hydrogens is 335 g/mol. The van der Waals surface area contributed by atoms with Crippen molar-refractivity contribution in [2.45, 2.75) is 19.1 Å². The van der Waals surface area contributed by atoms with Crippen LogP contribution in [0.25, 0.3) is 0 Å². The van der Waals surface area contributed by atoms with E-state index in [1.54, 1.807) is 0 Å². The Morgan fingerprint density at radius 1 is 0.957 bits per heavy atom. The van der Waals surface area contributed by atoms with Crippen LogP contribution in [0.2, 0.25) is 0 Å². The van der Waals surface area contributed by atoms with Gasteiger partial charge >= 0.3 is 13.3 Å². The third-order valence-electron chi connectivity index (χ3n) is 4.13. The molecule has 3 aliphatic heterocycles. The summed E-state index contributed by atoms with van der Waals surface area (Å²) in [7, 11) is -4.62. The number of hydrogen-bond acceptors (Lipinski definition) is 8. The fourth-order valence-electron chi connectivity index (χ4n) is 1.86. The zero-order chi connectivity index (χ0) is 17.8. The minimum Gasteiger partial charge on any atom is -0.396 e. The second-order valence-corrected chi connectivity index (χ2v) is 7.56. The van der Waals surface area contributed by atoms with Gasteiger partial charge in [-0.25, -0.2) is 0 Å². The molecule has 2 bridgehead atoms. The molecule has 3 aliphatic rings. The molecule has 3 saturated heterocycles. The van der Waals surface area contributed by atoms with Crippen molar-refractivity contribution in [2.24, 2.45) is 10.8 Å². The van der Waals surface area contributed by atoms with Gasteiger partial charge in [0, 0.05) is 5.41 Å². The van der Waals surface area contributed by atoms with E-state index in [0.29, 0.717) is 6.42 Å². The van der Waals surface area contributed by atoms with Crippen LogP contribution in [-0.2, 0) is 18.8 Å². The molecule has 10 nitrogen and oxygen atoms in total. The highest BCUT2D eigenvalue weighted by atomic mass is 31.2. The van der Waals surface area contributed by atoms with E-state index in [1.807, 2.05) is 6.92 Å². The molecule has 0 atom stereocenters. The highest BCUT2D eigenvalue weighted by molar-refractivity contribution is 7.52. The van der Waals surface area contributed by atoms with Crippen LogP contribution >= 0.6 is 7.60 Å². The van der Waals surface area contributed by atoms with Crippen molar-refractivity contribution in [2.75, 3.05) is 46.2 Å². The first kappa shape index (κ1) is 20.9. The molecule has 0 unspecified atom stereocenters. The molecular formula is C12H25O10P. The van der Waals surface area contributed by atoms with E-state index < -0.39 is 24.1 Å². The lowest BCUT2D eigenvalue weighted by Crippen LogP contribution is -2.60. The van der Waals surface area contributed by atoms with Crippen molar-refractivity contribution in [3.63, 3.8) is 0 Å². The number of aliphatic hydroxyl groups excluding tert-OH is 4. The van der Waals surface area contributed by atoms with Gasteiger partial charge in [-0.15, -0.1) is 0 Å². The maximum absolute atomic E-state index is 11.0. The van der Waals surface area contributed by atoms with Crippen LogP contribution < -0.4 is 0 Å². The fraction of sp³-hybridized carbons (Fsp3) is 1.00. The molecule has 0 aliphatic carbocycles. The number of hydrogen-bond donors (Lipinski definition) is 6. The monoisotopic (exact) mass is 360 g/mol. The SMILES string of the molecule is CCC(CO)(CO)CO.O=P(O)(O)C12OCC(CO)(CO1)CO2. The smallest absolute Gasteiger partial charge is 0.396 e. The Morgan fingerprint density at radius 3 is 1.52 bits per heavy atom. The molecule has 6 N–H and O–H groups in total. The van der Waals surface area contributed by atoms with Gasteiger partial charge in [0.05, 0.1) is 51.7 Å². The molecule has 0 aromatic carbocycles. The van der Waals surface area contributed by atoms with E-state index in [9.17, 15) is 4.57 Å². The highest BCUT2D eigenvalue weighted by Crippen LogP contribution is 2.58. The van der Waals surface area contributed by atoms with Crippen molar-refractivity contribution in [3.05, 3.63) is 0 Å². The van der Waals surface area contributed by atoms with Crippen LogP contribution in [0.5, 0.6) is 0 Å². The van der Waals surface area contributed by atoms with Crippen molar-refractivity contribution < 1.29 is 49.0 Å². The van der Waals surface area contributed by atoms with Crippen LogP contribution in [-0.4, -0.2) is 82.2 Å². The van der Waals surface area contributed by atoms with Gasteiger partial charge in [-0.3, -0.25) is 4.57 Å². The van der Waals surface area contributed by atoms with Crippen LogP contribution in [0.3, 0.4) is 0 Å². The first-order valence-corrected chi connectivity index (χ1v) is 8.70. The van der Waals surface area contributed by atoms with Crippen molar-refractivity contribution in [1.82, 2.24) is 0 Å². The second kappa shape index (κ2) is 7.83. The zero-order valence-electron chi connectivity index (χ0n) is 12.9. The lowest BCUT2D eigenvalue weighted by Gasteiger charge is -2.50. The molecule has 23 heavy (non-hydrogen) atoms. The third kappa shape index (κ3) is 4.29. The Balaban J connectivity index is 0.000000257. The maximum atomic E-state index is 11.0. The lowest BCUT2D eigenvalue weighted by molar-refractivity contribution is -0.432. The molecule has 138 valence electrons. The van der Waals surface area contributed by atoms with E-state index >= 15 is 0 Å². The van der Waals surface area contributed by atoms with Gasteiger partial charge < -0.3 is 44.4 Å². The van der Waals surface area contributed by atoms with Crippen LogP contribution in [0.15, 0.2) is 0 Å². The maximum Gasteiger partial charge on any atom is 0.415 e. The summed E-state index contributed by atoms with van der Waals surface area (Å²) < 4.78 is 25.6. The molecule has 3 heterocycles. The fourth-order valence-corrected chi connectivity index (χ4v) is 2.56. The van der Waals surface area contributed by atoms with Crippen LogP contribution in [0.4, 0.5) is 0 Å². The topological polar surface area (TPSA) is 166 Å². The number of fused-ring (bicyclic) bond motifs is 3. The summed E-state index contributed by atoms with van der Waals surface area (Å²) in [6, 6.07) is 0. The Labute approximate surface area is 133 Å². The van der Waals surface area contributed by atoms with Gasteiger partial charge in [0.2, 0.25) is 0 Å². The van der Waals surface area contributed by atoms with Gasteiger partial charge in [-0.1, -0.05) is 6.92 Å². The van der Waals surface area contributed by atoms with Crippen LogP contribution in [0.1, 0.15) is 13.3 Å². The van der Waals surface area contributed by atoms with Crippen molar-refractivity contribution >= 4 is 7.60 Å². The van der Waals surface area contributed by atoms with Gasteiger partial charge in [0.25, 0.3) is 0 Å². The van der Waals surface area contributed by atoms with Gasteiger partial charge in [-0.05, 0) is 6.42 Å². The lowest BCUT2D eigenvalue weighted by atomic mass is 9.88. The van der Waals surface area contributed by atoms with Gasteiger partial charge in [0.1, 0.15) is 0 Å². The Bertz CT molecular complexity index is 376. The Kier molecular flexibility index (Phi) is 7.12. The minimum absolute atomic E-state index is 0.0224. The van der Waals surface area contributed by atoms with Gasteiger partial charge in [0.15, 0.2) is 0 Å². The molecule has 0 aromatic rings. The van der Waals surface area contributed by atoms with E-state index in [2.05, 4.69) is 0 Å². The van der Waals surface area contributed by atoms with Gasteiger partial charge in [-0.2, -0.15) is 0 Å². The zero-order valence-corrected chi connectivity index (χ0v) is 13.8. The molecule has 11 heteroatoms. The van der Waals surface area contributed by atoms with Crippen molar-refractivity contribution in [1.29, 1.82) is 0 Å². The third-order valence-corrected chi connectivity index (χ3v) is 5.23. The average Bonchev–Trinajstić information content (AvgIpc) is 2.59. The summed E-state index contributed by atoms with van der Waals surface area (Å²) in [5, 5.41) is 35.0. The average molecular weight is 360 g/mol. The summed E-state index contributed by atoms with van der Waals surface area (Å²) >= 11 is 0. The van der Waals surface area contributed by atoms with E-state index in [1.165, 1.54) is 0 Å². The molecule has 0 aromatic heterocycles. The largest absolute Gasteiger partial charge is 0.415 e. The first-order chi connectivity index (χ1) is 10.7. The first-order valence-electron chi connectivity index (χ1n) is 7.09. The standard InChI is InChI=1S/C6H11O7P.C6H14O3/c7-1-5-2-11-6(12-3-5,13-4-5)14(8,9)10;1-2-6(3-7,4-8)5-9/h7H,1-4H2,(H2,8,9,10);7-9H,2-5H2,1H3. The minimum atomic E-state index is -4.62. The Hall–Kier alpha value is -0.130. The Morgan fingerprint density at radius 2 is 1.35 bits per heavy atom.